The fourth-order valence-electron chi connectivity index (χ4n) is 1.55. The lowest BCUT2D eigenvalue weighted by molar-refractivity contribution is 0.112. The zero-order valence-electron chi connectivity index (χ0n) is 9.71. The van der Waals surface area contributed by atoms with Crippen LogP contribution in [-0.4, -0.2) is 6.29 Å². The van der Waals surface area contributed by atoms with Crippen LogP contribution in [0, 0.1) is 11.3 Å². The van der Waals surface area contributed by atoms with Gasteiger partial charge in [-0.25, -0.2) is 0 Å². The number of hydrogen-bond donors (Lipinski definition) is 0. The van der Waals surface area contributed by atoms with Crippen molar-refractivity contribution in [2.75, 3.05) is 0 Å². The third-order valence-corrected chi connectivity index (χ3v) is 2.58. The van der Waals surface area contributed by atoms with Crippen molar-refractivity contribution in [1.29, 1.82) is 5.26 Å². The average Bonchev–Trinajstić information content (AvgIpc) is 2.46. The first-order chi connectivity index (χ1) is 8.81. The number of hydrogen-bond acceptors (Lipinski definition) is 2. The van der Waals surface area contributed by atoms with Crippen LogP contribution in [0.15, 0.2) is 48.5 Å². The molecule has 0 amide bonds. The van der Waals surface area contributed by atoms with E-state index in [4.69, 9.17) is 5.26 Å². The van der Waals surface area contributed by atoms with Gasteiger partial charge in [-0.15, -0.1) is 0 Å². The van der Waals surface area contributed by atoms with Gasteiger partial charge in [0.2, 0.25) is 0 Å². The first-order valence-electron chi connectivity index (χ1n) is 5.55. The lowest BCUT2D eigenvalue weighted by Crippen LogP contribution is -1.79. The van der Waals surface area contributed by atoms with Gasteiger partial charge in [0.25, 0.3) is 0 Å². The second-order valence-corrected chi connectivity index (χ2v) is 3.85. The normalized spacial score (nSPS) is 10.2. The molecule has 0 saturated carbocycles. The molecular formula is C16H11NO. The van der Waals surface area contributed by atoms with Gasteiger partial charge in [-0.05, 0) is 23.3 Å². The molecule has 0 bridgehead atoms. The highest BCUT2D eigenvalue weighted by molar-refractivity contribution is 5.76. The summed E-state index contributed by atoms with van der Waals surface area (Å²) in [5.74, 6) is 0. The van der Waals surface area contributed by atoms with Gasteiger partial charge in [0.1, 0.15) is 6.29 Å². The molecule has 0 fully saturated rings. The van der Waals surface area contributed by atoms with Gasteiger partial charge in [-0.1, -0.05) is 48.6 Å². The van der Waals surface area contributed by atoms with Crippen LogP contribution in [0.25, 0.3) is 12.2 Å². The van der Waals surface area contributed by atoms with E-state index in [0.29, 0.717) is 11.1 Å². The van der Waals surface area contributed by atoms with Gasteiger partial charge in [0, 0.05) is 5.56 Å². The molecule has 0 aliphatic rings. The molecule has 0 unspecified atom stereocenters. The Hall–Kier alpha value is -2.66. The molecule has 2 aromatic carbocycles. The van der Waals surface area contributed by atoms with Crippen molar-refractivity contribution in [3.63, 3.8) is 0 Å². The van der Waals surface area contributed by atoms with Crippen LogP contribution in [0.4, 0.5) is 0 Å². The first kappa shape index (κ1) is 11.8. The summed E-state index contributed by atoms with van der Waals surface area (Å²) in [6.45, 7) is 0. The van der Waals surface area contributed by atoms with E-state index >= 15 is 0 Å². The standard InChI is InChI=1S/C16H11NO/c17-11-15-7-3-13(4-8-15)1-2-14-5-9-16(12-18)10-6-14/h1-10,12H/b2-1-. The maximum Gasteiger partial charge on any atom is 0.150 e. The molecule has 0 aliphatic heterocycles. The molecule has 0 radical (unpaired) electrons. The SMILES string of the molecule is N#Cc1ccc(/C=C\c2ccc(C=O)cc2)cc1. The smallest absolute Gasteiger partial charge is 0.150 e. The minimum atomic E-state index is 0.655. The lowest BCUT2D eigenvalue weighted by Gasteiger charge is -1.95. The third kappa shape index (κ3) is 2.93. The predicted octanol–water partition coefficient (Wildman–Crippen LogP) is 3.54. The Morgan fingerprint density at radius 1 is 0.778 bits per heavy atom. The van der Waals surface area contributed by atoms with E-state index in [1.165, 1.54) is 0 Å². The van der Waals surface area contributed by atoms with Crippen LogP contribution in [0.3, 0.4) is 0 Å². The monoisotopic (exact) mass is 233 g/mol. The van der Waals surface area contributed by atoms with Crippen molar-refractivity contribution in [3.8, 4) is 6.07 Å². The number of carbonyl (C=O) groups is 1. The quantitative estimate of drug-likeness (QED) is 0.601. The van der Waals surface area contributed by atoms with Crippen molar-refractivity contribution in [2.45, 2.75) is 0 Å². The van der Waals surface area contributed by atoms with E-state index in [2.05, 4.69) is 6.07 Å². The molecule has 2 aromatic rings. The van der Waals surface area contributed by atoms with Crippen molar-refractivity contribution < 1.29 is 4.79 Å². The Morgan fingerprint density at radius 2 is 1.22 bits per heavy atom. The number of nitrogens with zero attached hydrogens (tertiary/aromatic N) is 1. The summed E-state index contributed by atoms with van der Waals surface area (Å²) in [5.41, 5.74) is 3.39. The molecular weight excluding hydrogens is 222 g/mol. The van der Waals surface area contributed by atoms with E-state index in [9.17, 15) is 4.79 Å². The number of aldehydes is 1. The summed E-state index contributed by atoms with van der Waals surface area (Å²) in [7, 11) is 0. The Balaban J connectivity index is 2.14. The molecule has 0 atom stereocenters. The van der Waals surface area contributed by atoms with Gasteiger partial charge < -0.3 is 0 Å². The molecule has 0 heterocycles. The van der Waals surface area contributed by atoms with Crippen LogP contribution in [-0.2, 0) is 0 Å². The van der Waals surface area contributed by atoms with Crippen LogP contribution >= 0.6 is 0 Å². The fourth-order valence-corrected chi connectivity index (χ4v) is 1.55. The number of rotatable bonds is 3. The minimum Gasteiger partial charge on any atom is -0.298 e. The van der Waals surface area contributed by atoms with Crippen LogP contribution in [0.5, 0.6) is 0 Å². The predicted molar refractivity (Wildman–Crippen MR) is 71.9 cm³/mol. The lowest BCUT2D eigenvalue weighted by atomic mass is 10.1. The van der Waals surface area contributed by atoms with Gasteiger partial charge in [0.15, 0.2) is 0 Å². The highest BCUT2D eigenvalue weighted by Crippen LogP contribution is 2.10. The zero-order chi connectivity index (χ0) is 12.8. The molecule has 0 aliphatic carbocycles. The fraction of sp³-hybridized carbons (Fsp3) is 0. The maximum atomic E-state index is 10.5. The van der Waals surface area contributed by atoms with Crippen LogP contribution in [0.2, 0.25) is 0 Å². The Morgan fingerprint density at radius 3 is 1.67 bits per heavy atom. The second-order valence-electron chi connectivity index (χ2n) is 3.85. The summed E-state index contributed by atoms with van der Waals surface area (Å²) in [4.78, 5) is 10.5. The molecule has 2 heteroatoms. The van der Waals surface area contributed by atoms with Crippen LogP contribution < -0.4 is 0 Å². The second kappa shape index (κ2) is 5.60. The Bertz CT molecular complexity index is 601. The molecule has 0 saturated heterocycles. The van der Waals surface area contributed by atoms with Crippen molar-refractivity contribution in [1.82, 2.24) is 0 Å². The maximum absolute atomic E-state index is 10.5. The van der Waals surface area contributed by atoms with Gasteiger partial charge >= 0.3 is 0 Å². The van der Waals surface area contributed by atoms with Gasteiger partial charge in [-0.3, -0.25) is 4.79 Å². The molecule has 0 spiro atoms. The number of carbonyl (C=O) groups excluding carboxylic acids is 1. The number of benzene rings is 2. The largest absolute Gasteiger partial charge is 0.298 e. The molecule has 18 heavy (non-hydrogen) atoms. The molecule has 0 N–H and O–H groups in total. The van der Waals surface area contributed by atoms with E-state index in [-0.39, 0.29) is 0 Å². The highest BCUT2D eigenvalue weighted by Gasteiger charge is 1.91. The van der Waals surface area contributed by atoms with Crippen molar-refractivity contribution in [3.05, 3.63) is 70.8 Å². The molecule has 2 nitrogen and oxygen atoms in total. The topological polar surface area (TPSA) is 40.9 Å². The first-order valence-corrected chi connectivity index (χ1v) is 5.55. The Kier molecular flexibility index (Phi) is 3.68. The third-order valence-electron chi connectivity index (χ3n) is 2.58. The van der Waals surface area contributed by atoms with E-state index in [0.717, 1.165) is 17.4 Å². The summed E-state index contributed by atoms with van der Waals surface area (Å²) in [6.07, 6.45) is 4.77. The van der Waals surface area contributed by atoms with Gasteiger partial charge in [-0.2, -0.15) is 5.26 Å². The van der Waals surface area contributed by atoms with Crippen molar-refractivity contribution in [2.24, 2.45) is 0 Å². The zero-order valence-corrected chi connectivity index (χ0v) is 9.71. The van der Waals surface area contributed by atoms with E-state index in [1.54, 1.807) is 24.3 Å². The molecule has 0 aromatic heterocycles. The average molecular weight is 233 g/mol. The summed E-state index contributed by atoms with van der Waals surface area (Å²) in [6, 6.07) is 16.8. The highest BCUT2D eigenvalue weighted by atomic mass is 16.1. The molecule has 86 valence electrons. The summed E-state index contributed by atoms with van der Waals surface area (Å²) < 4.78 is 0. The van der Waals surface area contributed by atoms with E-state index in [1.807, 2.05) is 36.4 Å². The summed E-state index contributed by atoms with van der Waals surface area (Å²) >= 11 is 0. The molecule has 2 rings (SSSR count). The summed E-state index contributed by atoms with van der Waals surface area (Å²) in [5, 5.41) is 8.69. The van der Waals surface area contributed by atoms with E-state index < -0.39 is 0 Å². The van der Waals surface area contributed by atoms with Crippen molar-refractivity contribution >= 4 is 18.4 Å². The van der Waals surface area contributed by atoms with Crippen LogP contribution in [0.1, 0.15) is 27.0 Å². The minimum absolute atomic E-state index is 0.655. The number of nitriles is 1. The van der Waals surface area contributed by atoms with Gasteiger partial charge in [0.05, 0.1) is 11.6 Å². The Labute approximate surface area is 106 Å².